The summed E-state index contributed by atoms with van der Waals surface area (Å²) in [5, 5.41) is 2.56. The van der Waals surface area contributed by atoms with Crippen LogP contribution in [0.5, 0.6) is 5.75 Å². The van der Waals surface area contributed by atoms with E-state index >= 15 is 0 Å². The fourth-order valence-corrected chi connectivity index (χ4v) is 4.04. The first-order chi connectivity index (χ1) is 11.4. The highest BCUT2D eigenvalue weighted by Crippen LogP contribution is 2.14. The van der Waals surface area contributed by atoms with Crippen LogP contribution in [0.3, 0.4) is 0 Å². The van der Waals surface area contributed by atoms with Gasteiger partial charge in [0.25, 0.3) is 5.91 Å². The zero-order valence-electron chi connectivity index (χ0n) is 13.4. The number of hydrogen-bond donors (Lipinski definition) is 1. The van der Waals surface area contributed by atoms with Gasteiger partial charge in [-0.05, 0) is 25.0 Å². The maximum Gasteiger partial charge on any atom is 0.347 e. The normalized spacial score (nSPS) is 20.1. The Morgan fingerprint density at radius 2 is 2.00 bits per heavy atom. The number of amides is 1. The van der Waals surface area contributed by atoms with Gasteiger partial charge in [-0.25, -0.2) is 13.2 Å². The molecule has 0 aliphatic carbocycles. The van der Waals surface area contributed by atoms with Crippen molar-refractivity contribution in [2.75, 3.05) is 18.1 Å². The van der Waals surface area contributed by atoms with Crippen molar-refractivity contribution in [1.82, 2.24) is 5.32 Å². The van der Waals surface area contributed by atoms with Gasteiger partial charge >= 0.3 is 5.97 Å². The lowest BCUT2D eigenvalue weighted by Gasteiger charge is -2.17. The molecule has 0 unspecified atom stereocenters. The fourth-order valence-electron chi connectivity index (χ4n) is 2.37. The highest BCUT2D eigenvalue weighted by molar-refractivity contribution is 7.91. The van der Waals surface area contributed by atoms with Crippen LogP contribution in [0.4, 0.5) is 0 Å². The lowest BCUT2D eigenvalue weighted by Crippen LogP contribution is -2.39. The SMILES string of the molecule is CC[C@@H](Oc1ccccc1)C(=O)OCC(=O)N[C@@H]1CCS(=O)(=O)C1. The van der Waals surface area contributed by atoms with Gasteiger partial charge in [-0.2, -0.15) is 0 Å². The van der Waals surface area contributed by atoms with Gasteiger partial charge in [0.05, 0.1) is 11.5 Å². The lowest BCUT2D eigenvalue weighted by molar-refractivity contribution is -0.155. The molecule has 0 aromatic heterocycles. The summed E-state index contributed by atoms with van der Waals surface area (Å²) < 4.78 is 33.2. The predicted octanol–water partition coefficient (Wildman–Crippen LogP) is 0.691. The van der Waals surface area contributed by atoms with E-state index in [0.29, 0.717) is 18.6 Å². The predicted molar refractivity (Wildman–Crippen MR) is 87.3 cm³/mol. The topological polar surface area (TPSA) is 98.8 Å². The molecule has 8 heteroatoms. The van der Waals surface area contributed by atoms with Crippen LogP contribution in [0, 0.1) is 0 Å². The second-order valence-corrected chi connectivity index (χ2v) is 7.83. The Hall–Kier alpha value is -2.09. The third-order valence-electron chi connectivity index (χ3n) is 3.60. The van der Waals surface area contributed by atoms with Crippen LogP contribution in [-0.4, -0.2) is 50.6 Å². The Kier molecular flexibility index (Phi) is 6.19. The number of nitrogens with one attached hydrogen (secondary N) is 1. The number of carbonyl (C=O) groups excluding carboxylic acids is 2. The van der Waals surface area contributed by atoms with Gasteiger partial charge in [-0.1, -0.05) is 25.1 Å². The van der Waals surface area contributed by atoms with E-state index in [1.165, 1.54) is 0 Å². The Morgan fingerprint density at radius 1 is 1.29 bits per heavy atom. The van der Waals surface area contributed by atoms with Crippen LogP contribution in [0.2, 0.25) is 0 Å². The number of para-hydroxylation sites is 1. The van der Waals surface area contributed by atoms with Crippen molar-refractivity contribution in [1.29, 1.82) is 0 Å². The summed E-state index contributed by atoms with van der Waals surface area (Å²) in [5.41, 5.74) is 0. The highest BCUT2D eigenvalue weighted by Gasteiger charge is 2.29. The van der Waals surface area contributed by atoms with Crippen molar-refractivity contribution in [3.8, 4) is 5.75 Å². The largest absolute Gasteiger partial charge is 0.479 e. The molecule has 0 radical (unpaired) electrons. The average molecular weight is 355 g/mol. The number of carbonyl (C=O) groups is 2. The summed E-state index contributed by atoms with van der Waals surface area (Å²) in [4.78, 5) is 23.8. The molecule has 1 aliphatic rings. The third kappa shape index (κ3) is 5.52. The molecule has 1 N–H and O–H groups in total. The van der Waals surface area contributed by atoms with E-state index in [1.54, 1.807) is 31.2 Å². The first-order valence-electron chi connectivity index (χ1n) is 7.77. The van der Waals surface area contributed by atoms with Crippen molar-refractivity contribution in [3.05, 3.63) is 30.3 Å². The number of hydrogen-bond acceptors (Lipinski definition) is 6. The van der Waals surface area contributed by atoms with E-state index in [4.69, 9.17) is 9.47 Å². The van der Waals surface area contributed by atoms with Gasteiger partial charge in [0.2, 0.25) is 0 Å². The molecule has 2 atom stereocenters. The van der Waals surface area contributed by atoms with Gasteiger partial charge in [0.15, 0.2) is 22.5 Å². The molecule has 2 rings (SSSR count). The molecule has 0 spiro atoms. The van der Waals surface area contributed by atoms with Crippen molar-refractivity contribution in [2.45, 2.75) is 31.9 Å². The smallest absolute Gasteiger partial charge is 0.347 e. The molecule has 1 fully saturated rings. The minimum Gasteiger partial charge on any atom is -0.479 e. The number of sulfone groups is 1. The molecule has 0 bridgehead atoms. The Balaban J connectivity index is 1.77. The quantitative estimate of drug-likeness (QED) is 0.723. The van der Waals surface area contributed by atoms with Gasteiger partial charge in [0, 0.05) is 6.04 Å². The van der Waals surface area contributed by atoms with Crippen LogP contribution in [0.25, 0.3) is 0 Å². The molecule has 0 saturated carbocycles. The molecule has 1 amide bonds. The van der Waals surface area contributed by atoms with Gasteiger partial charge < -0.3 is 14.8 Å². The second kappa shape index (κ2) is 8.14. The van der Waals surface area contributed by atoms with Gasteiger partial charge in [-0.15, -0.1) is 0 Å². The van der Waals surface area contributed by atoms with Crippen molar-refractivity contribution >= 4 is 21.7 Å². The number of ether oxygens (including phenoxy) is 2. The maximum absolute atomic E-state index is 12.0. The van der Waals surface area contributed by atoms with Crippen LogP contribution in [0.1, 0.15) is 19.8 Å². The maximum atomic E-state index is 12.0. The summed E-state index contributed by atoms with van der Waals surface area (Å²) in [7, 11) is -3.07. The summed E-state index contributed by atoms with van der Waals surface area (Å²) in [6.07, 6.45) is -0.0144. The number of esters is 1. The molecule has 132 valence electrons. The van der Waals surface area contributed by atoms with Crippen molar-refractivity contribution in [2.24, 2.45) is 0 Å². The molecule has 1 aromatic rings. The summed E-state index contributed by atoms with van der Waals surface area (Å²) in [6, 6.07) is 8.45. The minimum absolute atomic E-state index is 0.0681. The van der Waals surface area contributed by atoms with Crippen molar-refractivity contribution < 1.29 is 27.5 Å². The minimum atomic E-state index is -3.07. The summed E-state index contributed by atoms with van der Waals surface area (Å²) in [5.74, 6) is -0.598. The molecule has 24 heavy (non-hydrogen) atoms. The Morgan fingerprint density at radius 3 is 2.58 bits per heavy atom. The van der Waals surface area contributed by atoms with Gasteiger partial charge in [-0.3, -0.25) is 4.79 Å². The highest BCUT2D eigenvalue weighted by atomic mass is 32.2. The van der Waals surface area contributed by atoms with E-state index in [-0.39, 0.29) is 11.5 Å². The molecule has 1 aromatic carbocycles. The monoisotopic (exact) mass is 355 g/mol. The third-order valence-corrected chi connectivity index (χ3v) is 5.37. The molecular formula is C16H21NO6S. The molecular weight excluding hydrogens is 334 g/mol. The molecule has 1 heterocycles. The zero-order chi connectivity index (χ0) is 17.6. The number of benzene rings is 1. The first-order valence-corrected chi connectivity index (χ1v) is 9.60. The van der Waals surface area contributed by atoms with Crippen LogP contribution >= 0.6 is 0 Å². The second-order valence-electron chi connectivity index (χ2n) is 5.60. The molecule has 7 nitrogen and oxygen atoms in total. The van der Waals surface area contributed by atoms with Crippen molar-refractivity contribution in [3.63, 3.8) is 0 Å². The number of rotatable bonds is 7. The van der Waals surface area contributed by atoms with E-state index in [9.17, 15) is 18.0 Å². The van der Waals surface area contributed by atoms with Crippen LogP contribution in [0.15, 0.2) is 30.3 Å². The van der Waals surface area contributed by atoms with E-state index in [0.717, 1.165) is 0 Å². The molecule has 1 aliphatic heterocycles. The van der Waals surface area contributed by atoms with E-state index in [1.807, 2.05) is 6.07 Å². The van der Waals surface area contributed by atoms with Gasteiger partial charge in [0.1, 0.15) is 5.75 Å². The standard InChI is InChI=1S/C16H21NO6S/c1-2-14(23-13-6-4-3-5-7-13)16(19)22-10-15(18)17-12-8-9-24(20,21)11-12/h3-7,12,14H,2,8-11H2,1H3,(H,17,18)/t12-,14-/m1/s1. The van der Waals surface area contributed by atoms with Crippen LogP contribution < -0.4 is 10.1 Å². The summed E-state index contributed by atoms with van der Waals surface area (Å²) in [6.45, 7) is 1.32. The summed E-state index contributed by atoms with van der Waals surface area (Å²) >= 11 is 0. The van der Waals surface area contributed by atoms with Crippen LogP contribution in [-0.2, 0) is 24.2 Å². The van der Waals surface area contributed by atoms with E-state index in [2.05, 4.69) is 5.32 Å². The lowest BCUT2D eigenvalue weighted by atomic mass is 10.2. The molecule has 1 saturated heterocycles. The van der Waals surface area contributed by atoms with E-state index < -0.39 is 40.5 Å². The first kappa shape index (κ1) is 18.3. The average Bonchev–Trinajstić information content (AvgIpc) is 2.90. The Labute approximate surface area is 141 Å². The fraction of sp³-hybridized carbons (Fsp3) is 0.500. The Bertz CT molecular complexity index is 673. The zero-order valence-corrected chi connectivity index (χ0v) is 14.3.